The maximum Gasteiger partial charge on any atom is 0.418 e. The van der Waals surface area contributed by atoms with Crippen molar-refractivity contribution in [1.82, 2.24) is 10.2 Å². The van der Waals surface area contributed by atoms with Crippen LogP contribution in [0.4, 0.5) is 4.79 Å². The first kappa shape index (κ1) is 18.1. The van der Waals surface area contributed by atoms with Gasteiger partial charge in [0.1, 0.15) is 0 Å². The van der Waals surface area contributed by atoms with Gasteiger partial charge in [-0.05, 0) is 17.5 Å². The van der Waals surface area contributed by atoms with E-state index >= 15 is 0 Å². The molecule has 0 unspecified atom stereocenters. The zero-order valence-corrected chi connectivity index (χ0v) is 15.0. The van der Waals surface area contributed by atoms with Crippen LogP contribution in [0.3, 0.4) is 0 Å². The predicted molar refractivity (Wildman–Crippen MR) is 99.3 cm³/mol. The lowest BCUT2D eigenvalue weighted by molar-refractivity contribution is -0.137. The summed E-state index contributed by atoms with van der Waals surface area (Å²) < 4.78 is 5.60. The second-order valence-electron chi connectivity index (χ2n) is 6.58. The van der Waals surface area contributed by atoms with Crippen LogP contribution in [0.25, 0.3) is 0 Å². The van der Waals surface area contributed by atoms with E-state index in [0.717, 1.165) is 17.5 Å². The highest BCUT2D eigenvalue weighted by Gasteiger charge is 2.52. The molecule has 26 heavy (non-hydrogen) atoms. The van der Waals surface area contributed by atoms with Gasteiger partial charge >= 0.3 is 6.09 Å². The first-order valence-corrected chi connectivity index (χ1v) is 8.98. The van der Waals surface area contributed by atoms with Crippen LogP contribution in [0.1, 0.15) is 30.9 Å². The monoisotopic (exact) mass is 352 g/mol. The molecule has 0 radical (unpaired) electrons. The maximum atomic E-state index is 13.0. The number of rotatable bonds is 8. The third kappa shape index (κ3) is 3.94. The molecule has 5 nitrogen and oxygen atoms in total. The number of cyclic esters (lactones) is 1. The van der Waals surface area contributed by atoms with Gasteiger partial charge in [-0.25, -0.2) is 9.69 Å². The van der Waals surface area contributed by atoms with Crippen LogP contribution < -0.4 is 5.32 Å². The zero-order chi connectivity index (χ0) is 18.4. The number of carbonyl (C=O) groups is 2. The minimum atomic E-state index is -1.12. The summed E-state index contributed by atoms with van der Waals surface area (Å²) in [6.07, 6.45) is 0.699. The van der Waals surface area contributed by atoms with Crippen LogP contribution in [-0.4, -0.2) is 29.0 Å². The van der Waals surface area contributed by atoms with Crippen molar-refractivity contribution in [3.8, 4) is 0 Å². The van der Waals surface area contributed by atoms with Gasteiger partial charge in [-0.3, -0.25) is 4.79 Å². The molecule has 2 amide bonds. The molecule has 2 aromatic rings. The van der Waals surface area contributed by atoms with Crippen molar-refractivity contribution < 1.29 is 14.3 Å². The Morgan fingerprint density at radius 2 is 1.58 bits per heavy atom. The number of hydrogen-bond donors (Lipinski definition) is 1. The van der Waals surface area contributed by atoms with Gasteiger partial charge in [-0.1, -0.05) is 74.0 Å². The molecule has 1 atom stereocenters. The van der Waals surface area contributed by atoms with Gasteiger partial charge in [0.15, 0.2) is 0 Å². The summed E-state index contributed by atoms with van der Waals surface area (Å²) in [5, 5.41) is 3.28. The summed E-state index contributed by atoms with van der Waals surface area (Å²) in [6, 6.07) is 19.4. The fourth-order valence-corrected chi connectivity index (χ4v) is 3.26. The number of benzene rings is 2. The Morgan fingerprint density at radius 3 is 2.19 bits per heavy atom. The highest BCUT2D eigenvalue weighted by atomic mass is 16.6. The molecule has 5 heteroatoms. The van der Waals surface area contributed by atoms with Crippen molar-refractivity contribution in [3.63, 3.8) is 0 Å². The van der Waals surface area contributed by atoms with Gasteiger partial charge in [0.25, 0.3) is 5.91 Å². The molecule has 0 aromatic heterocycles. The molecule has 3 rings (SSSR count). The quantitative estimate of drug-likeness (QED) is 0.790. The number of hydrogen-bond acceptors (Lipinski definition) is 4. The third-order valence-electron chi connectivity index (χ3n) is 4.56. The molecule has 0 bridgehead atoms. The molecule has 2 aromatic carbocycles. The van der Waals surface area contributed by atoms with E-state index in [1.165, 1.54) is 4.90 Å². The molecule has 1 aliphatic rings. The normalized spacial score (nSPS) is 19.7. The average Bonchev–Trinajstić information content (AvgIpc) is 2.88. The number of imide groups is 1. The van der Waals surface area contributed by atoms with Crippen LogP contribution in [0.15, 0.2) is 60.7 Å². The van der Waals surface area contributed by atoms with Crippen molar-refractivity contribution in [2.24, 2.45) is 0 Å². The van der Waals surface area contributed by atoms with Crippen molar-refractivity contribution in [2.45, 2.75) is 38.5 Å². The molecule has 1 saturated heterocycles. The van der Waals surface area contributed by atoms with Crippen molar-refractivity contribution >= 4 is 12.0 Å². The first-order valence-electron chi connectivity index (χ1n) is 8.98. The molecule has 136 valence electrons. The second-order valence-corrected chi connectivity index (χ2v) is 6.58. The zero-order valence-electron chi connectivity index (χ0n) is 15.0. The van der Waals surface area contributed by atoms with E-state index in [9.17, 15) is 9.59 Å². The van der Waals surface area contributed by atoms with E-state index in [0.29, 0.717) is 19.5 Å². The van der Waals surface area contributed by atoms with Gasteiger partial charge in [-0.15, -0.1) is 0 Å². The lowest BCUT2D eigenvalue weighted by Crippen LogP contribution is -2.48. The minimum Gasteiger partial charge on any atom is -0.431 e. The van der Waals surface area contributed by atoms with Gasteiger partial charge in [-0.2, -0.15) is 0 Å². The van der Waals surface area contributed by atoms with E-state index in [-0.39, 0.29) is 12.5 Å². The molecule has 1 N–H and O–H groups in total. The summed E-state index contributed by atoms with van der Waals surface area (Å²) in [7, 11) is 0. The Kier molecular flexibility index (Phi) is 5.68. The Balaban J connectivity index is 1.69. The Morgan fingerprint density at radius 1 is 0.962 bits per heavy atom. The molecular weight excluding hydrogens is 328 g/mol. The topological polar surface area (TPSA) is 58.6 Å². The van der Waals surface area contributed by atoms with Gasteiger partial charge in [0, 0.05) is 13.1 Å². The minimum absolute atomic E-state index is 0.239. The lowest BCUT2D eigenvalue weighted by Gasteiger charge is -2.25. The Bertz CT molecular complexity index is 748. The van der Waals surface area contributed by atoms with E-state index < -0.39 is 11.7 Å². The van der Waals surface area contributed by atoms with Crippen LogP contribution in [0.5, 0.6) is 0 Å². The molecule has 1 heterocycles. The van der Waals surface area contributed by atoms with E-state index in [4.69, 9.17) is 4.74 Å². The lowest BCUT2D eigenvalue weighted by atomic mass is 9.96. The Labute approximate surface area is 154 Å². The van der Waals surface area contributed by atoms with Gasteiger partial charge in [0.05, 0.1) is 6.54 Å². The standard InChI is InChI=1S/C21H24N2O3/c1-2-13-21(16-22-14-17-9-5-3-6-10-17)19(24)23(20(25)26-21)15-18-11-7-4-8-12-18/h3-12,22H,2,13-16H2,1H3/t21-/m1/s1. The number of amides is 2. The molecule has 1 aliphatic heterocycles. The number of nitrogens with one attached hydrogen (secondary N) is 1. The summed E-state index contributed by atoms with van der Waals surface area (Å²) in [6.45, 7) is 3.16. The van der Waals surface area contributed by atoms with Crippen LogP contribution >= 0.6 is 0 Å². The van der Waals surface area contributed by atoms with Gasteiger partial charge in [0.2, 0.25) is 5.60 Å². The number of carbonyl (C=O) groups excluding carboxylic acids is 2. The van der Waals surface area contributed by atoms with Crippen LogP contribution in [0, 0.1) is 0 Å². The summed E-state index contributed by atoms with van der Waals surface area (Å²) in [5.74, 6) is -0.256. The van der Waals surface area contributed by atoms with Crippen LogP contribution in [0.2, 0.25) is 0 Å². The number of nitrogens with zero attached hydrogens (tertiary/aromatic N) is 1. The number of ether oxygens (including phenoxy) is 1. The molecule has 0 spiro atoms. The molecule has 0 saturated carbocycles. The molecule has 1 fully saturated rings. The molecular formula is C21H24N2O3. The van der Waals surface area contributed by atoms with Crippen molar-refractivity contribution in [3.05, 3.63) is 71.8 Å². The smallest absolute Gasteiger partial charge is 0.418 e. The summed E-state index contributed by atoms with van der Waals surface area (Å²) >= 11 is 0. The first-order chi connectivity index (χ1) is 12.6. The predicted octanol–water partition coefficient (Wildman–Crippen LogP) is 3.49. The summed E-state index contributed by atoms with van der Waals surface area (Å²) in [4.78, 5) is 26.6. The highest BCUT2D eigenvalue weighted by molar-refractivity contribution is 6.03. The fraction of sp³-hybridized carbons (Fsp3) is 0.333. The van der Waals surface area contributed by atoms with E-state index in [1.807, 2.05) is 67.6 Å². The fourth-order valence-electron chi connectivity index (χ4n) is 3.26. The largest absolute Gasteiger partial charge is 0.431 e. The van der Waals surface area contributed by atoms with Crippen LogP contribution in [-0.2, 0) is 22.6 Å². The van der Waals surface area contributed by atoms with E-state index in [1.54, 1.807) is 0 Å². The van der Waals surface area contributed by atoms with Gasteiger partial charge < -0.3 is 10.1 Å². The van der Waals surface area contributed by atoms with Crippen molar-refractivity contribution in [2.75, 3.05) is 6.54 Å². The third-order valence-corrected chi connectivity index (χ3v) is 4.56. The SMILES string of the molecule is CCC[C@]1(CNCc2ccccc2)OC(=O)N(Cc2ccccc2)C1=O. The molecule has 0 aliphatic carbocycles. The highest BCUT2D eigenvalue weighted by Crippen LogP contribution is 2.30. The maximum absolute atomic E-state index is 13.0. The summed E-state index contributed by atoms with van der Waals surface area (Å²) in [5.41, 5.74) is 0.912. The Hall–Kier alpha value is -2.66. The second kappa shape index (κ2) is 8.15. The van der Waals surface area contributed by atoms with Crippen molar-refractivity contribution in [1.29, 1.82) is 0 Å². The average molecular weight is 352 g/mol. The van der Waals surface area contributed by atoms with E-state index in [2.05, 4.69) is 5.32 Å².